The maximum absolute atomic E-state index is 9.11. The first-order chi connectivity index (χ1) is 11.7. The lowest BCUT2D eigenvalue weighted by Gasteiger charge is -2.32. The van der Waals surface area contributed by atoms with Gasteiger partial charge < -0.3 is 24.8 Å². The van der Waals surface area contributed by atoms with Gasteiger partial charge in [0.2, 0.25) is 11.1 Å². The summed E-state index contributed by atoms with van der Waals surface area (Å²) in [6.07, 6.45) is 0.795. The fraction of sp³-hybridized carbons (Fsp3) is 0.500. The first-order valence-electron chi connectivity index (χ1n) is 7.87. The summed E-state index contributed by atoms with van der Waals surface area (Å²) in [4.78, 5) is 6.32. The van der Waals surface area contributed by atoms with Crippen LogP contribution < -0.4 is 15.0 Å². The molecule has 1 aliphatic rings. The highest BCUT2D eigenvalue weighted by Crippen LogP contribution is 2.23. The molecule has 0 bridgehead atoms. The van der Waals surface area contributed by atoms with Crippen LogP contribution in [0.3, 0.4) is 0 Å². The molecule has 8 heteroatoms. The Morgan fingerprint density at radius 3 is 2.83 bits per heavy atom. The number of aromatic nitrogens is 2. The molecule has 1 aliphatic heterocycles. The Kier molecular flexibility index (Phi) is 5.49. The van der Waals surface area contributed by atoms with E-state index in [1.54, 1.807) is 0 Å². The summed E-state index contributed by atoms with van der Waals surface area (Å²) in [5.74, 6) is 1.48. The van der Waals surface area contributed by atoms with Crippen molar-refractivity contribution in [3.05, 3.63) is 29.8 Å². The van der Waals surface area contributed by atoms with E-state index in [1.807, 2.05) is 43.3 Å². The fourth-order valence-corrected chi connectivity index (χ4v) is 3.16. The zero-order valence-electron chi connectivity index (χ0n) is 13.8. The molecule has 1 aromatic carbocycles. The fourth-order valence-electron chi connectivity index (χ4n) is 2.46. The molecule has 2 aromatic rings. The minimum atomic E-state index is -0.00886. The lowest BCUT2D eigenvalue weighted by molar-refractivity contribution is 0.0148. The van der Waals surface area contributed by atoms with Gasteiger partial charge in [-0.2, -0.15) is 9.36 Å². The van der Waals surface area contributed by atoms with Crippen molar-refractivity contribution in [2.45, 2.75) is 25.2 Å². The average molecular weight is 350 g/mol. The Morgan fingerprint density at radius 1 is 1.38 bits per heavy atom. The maximum atomic E-state index is 9.11. The molecule has 3 rings (SSSR count). The number of benzene rings is 1. The zero-order valence-corrected chi connectivity index (χ0v) is 14.6. The van der Waals surface area contributed by atoms with Crippen LogP contribution in [0.15, 0.2) is 24.3 Å². The predicted octanol–water partition coefficient (Wildman–Crippen LogP) is 1.74. The largest absolute Gasteiger partial charge is 0.488 e. The van der Waals surface area contributed by atoms with Crippen molar-refractivity contribution in [1.29, 1.82) is 0 Å². The average Bonchev–Trinajstić information content (AvgIpc) is 3.06. The molecule has 7 nitrogen and oxygen atoms in total. The Labute approximate surface area is 145 Å². The van der Waals surface area contributed by atoms with Gasteiger partial charge in [0.05, 0.1) is 25.9 Å². The molecule has 130 valence electrons. The monoisotopic (exact) mass is 350 g/mol. The van der Waals surface area contributed by atoms with Gasteiger partial charge in [-0.05, 0) is 17.7 Å². The molecular formula is C16H22N4O3S. The third kappa shape index (κ3) is 4.14. The summed E-state index contributed by atoms with van der Waals surface area (Å²) in [7, 11) is 3.83. The molecular weight excluding hydrogens is 328 g/mol. The summed E-state index contributed by atoms with van der Waals surface area (Å²) in [5, 5.41) is 13.3. The lowest BCUT2D eigenvalue weighted by atomic mass is 10.1. The molecule has 2 unspecified atom stereocenters. The van der Waals surface area contributed by atoms with E-state index in [1.165, 1.54) is 11.5 Å². The van der Waals surface area contributed by atoms with E-state index in [4.69, 9.17) is 14.6 Å². The van der Waals surface area contributed by atoms with Crippen molar-refractivity contribution in [1.82, 2.24) is 9.36 Å². The molecule has 2 atom stereocenters. The van der Waals surface area contributed by atoms with Crippen LogP contribution in [0.4, 0.5) is 11.1 Å². The summed E-state index contributed by atoms with van der Waals surface area (Å²) >= 11 is 1.33. The molecule has 1 saturated heterocycles. The van der Waals surface area contributed by atoms with E-state index < -0.39 is 0 Å². The van der Waals surface area contributed by atoms with E-state index in [0.29, 0.717) is 19.2 Å². The highest BCUT2D eigenvalue weighted by Gasteiger charge is 2.28. The molecule has 0 amide bonds. The molecule has 0 radical (unpaired) electrons. The summed E-state index contributed by atoms with van der Waals surface area (Å²) in [6.45, 7) is 1.28. The van der Waals surface area contributed by atoms with Crippen LogP contribution in [0, 0.1) is 0 Å². The number of aliphatic hydroxyl groups excluding tert-OH is 1. The topological polar surface area (TPSA) is 79.7 Å². The van der Waals surface area contributed by atoms with Gasteiger partial charge in [0, 0.05) is 32.0 Å². The Morgan fingerprint density at radius 2 is 2.17 bits per heavy atom. The third-order valence-corrected chi connectivity index (χ3v) is 4.45. The second-order valence-electron chi connectivity index (χ2n) is 5.87. The smallest absolute Gasteiger partial charge is 0.238 e. The maximum Gasteiger partial charge on any atom is 0.238 e. The second kappa shape index (κ2) is 7.78. The first-order valence-corrected chi connectivity index (χ1v) is 8.65. The number of rotatable bonds is 6. The van der Waals surface area contributed by atoms with Gasteiger partial charge in [-0.3, -0.25) is 0 Å². The standard InChI is InChI=1S/C16H22N4O3S/c1-20(2)15-18-16(24-19-15)17-13-10-22-8-7-14(13)23-12-5-3-11(9-21)4-6-12/h3-6,13-14,21H,7-10H2,1-2H3,(H,17,18,19). The molecule has 2 N–H and O–H groups in total. The van der Waals surface area contributed by atoms with Crippen LogP contribution >= 0.6 is 11.5 Å². The number of anilines is 2. The van der Waals surface area contributed by atoms with Crippen LogP contribution in [0.2, 0.25) is 0 Å². The van der Waals surface area contributed by atoms with E-state index in [-0.39, 0.29) is 18.8 Å². The van der Waals surface area contributed by atoms with Crippen molar-refractivity contribution in [2.24, 2.45) is 0 Å². The van der Waals surface area contributed by atoms with Gasteiger partial charge in [0.1, 0.15) is 11.9 Å². The van der Waals surface area contributed by atoms with Crippen LogP contribution in [-0.2, 0) is 11.3 Å². The van der Waals surface area contributed by atoms with Gasteiger partial charge in [-0.1, -0.05) is 12.1 Å². The van der Waals surface area contributed by atoms with Gasteiger partial charge in [-0.15, -0.1) is 0 Å². The Bertz CT molecular complexity index is 647. The van der Waals surface area contributed by atoms with Crippen LogP contribution in [0.1, 0.15) is 12.0 Å². The minimum absolute atomic E-state index is 0.00886. The van der Waals surface area contributed by atoms with E-state index in [2.05, 4.69) is 14.7 Å². The molecule has 0 aliphatic carbocycles. The molecule has 1 fully saturated rings. The predicted molar refractivity (Wildman–Crippen MR) is 93.9 cm³/mol. The van der Waals surface area contributed by atoms with E-state index >= 15 is 0 Å². The normalized spacial score (nSPS) is 20.6. The van der Waals surface area contributed by atoms with Gasteiger partial charge in [-0.25, -0.2) is 0 Å². The summed E-state index contributed by atoms with van der Waals surface area (Å²) in [6, 6.07) is 7.51. The number of aliphatic hydroxyl groups is 1. The van der Waals surface area contributed by atoms with Crippen molar-refractivity contribution in [3.8, 4) is 5.75 Å². The van der Waals surface area contributed by atoms with E-state index in [9.17, 15) is 0 Å². The number of nitrogens with zero attached hydrogens (tertiary/aromatic N) is 3. The number of ether oxygens (including phenoxy) is 2. The van der Waals surface area contributed by atoms with Gasteiger partial charge in [0.25, 0.3) is 0 Å². The first kappa shape index (κ1) is 16.9. The lowest BCUT2D eigenvalue weighted by Crippen LogP contribution is -2.45. The molecule has 1 aromatic heterocycles. The van der Waals surface area contributed by atoms with Crippen LogP contribution in [0.25, 0.3) is 0 Å². The number of nitrogens with one attached hydrogen (secondary N) is 1. The minimum Gasteiger partial charge on any atom is -0.488 e. The molecule has 0 spiro atoms. The summed E-state index contributed by atoms with van der Waals surface area (Å²) < 4.78 is 16.0. The Hall–Kier alpha value is -1.90. The Balaban J connectivity index is 1.65. The molecule has 0 saturated carbocycles. The third-order valence-electron chi connectivity index (χ3n) is 3.81. The molecule has 2 heterocycles. The molecule has 24 heavy (non-hydrogen) atoms. The number of hydrogen-bond acceptors (Lipinski definition) is 8. The van der Waals surface area contributed by atoms with Crippen LogP contribution in [-0.4, -0.2) is 53.9 Å². The summed E-state index contributed by atoms with van der Waals surface area (Å²) in [5.41, 5.74) is 0.870. The quantitative estimate of drug-likeness (QED) is 0.821. The number of hydrogen-bond donors (Lipinski definition) is 2. The second-order valence-corrected chi connectivity index (χ2v) is 6.62. The van der Waals surface area contributed by atoms with Crippen molar-refractivity contribution in [2.75, 3.05) is 37.5 Å². The zero-order chi connectivity index (χ0) is 16.9. The SMILES string of the molecule is CN(C)c1nsc(NC2COCCC2Oc2ccc(CO)cc2)n1. The van der Waals surface area contributed by atoms with Crippen molar-refractivity contribution in [3.63, 3.8) is 0 Å². The van der Waals surface area contributed by atoms with Gasteiger partial charge in [0.15, 0.2) is 0 Å². The van der Waals surface area contributed by atoms with Crippen molar-refractivity contribution < 1.29 is 14.6 Å². The van der Waals surface area contributed by atoms with Crippen molar-refractivity contribution >= 4 is 22.6 Å². The van der Waals surface area contributed by atoms with Crippen LogP contribution in [0.5, 0.6) is 5.75 Å². The van der Waals surface area contributed by atoms with Gasteiger partial charge >= 0.3 is 0 Å². The van der Waals surface area contributed by atoms with E-state index in [0.717, 1.165) is 22.9 Å². The highest BCUT2D eigenvalue weighted by molar-refractivity contribution is 7.09. The highest BCUT2D eigenvalue weighted by atomic mass is 32.1.